The highest BCUT2D eigenvalue weighted by molar-refractivity contribution is 6.22. The first kappa shape index (κ1) is 11.8. The molecule has 1 aromatic carbocycles. The van der Waals surface area contributed by atoms with E-state index in [1.807, 2.05) is 26.0 Å². The summed E-state index contributed by atoms with van der Waals surface area (Å²) in [5.41, 5.74) is 2.57. The first-order valence-electron chi connectivity index (χ1n) is 5.58. The van der Waals surface area contributed by atoms with Gasteiger partial charge in [0.15, 0.2) is 0 Å². The van der Waals surface area contributed by atoms with Gasteiger partial charge < -0.3 is 5.11 Å². The summed E-state index contributed by atoms with van der Waals surface area (Å²) in [5, 5.41) is 9.32. The van der Waals surface area contributed by atoms with Crippen LogP contribution < -0.4 is 0 Å². The molecule has 0 saturated carbocycles. The predicted molar refractivity (Wildman–Crippen MR) is 63.0 cm³/mol. The van der Waals surface area contributed by atoms with Crippen LogP contribution in [-0.2, 0) is 0 Å². The van der Waals surface area contributed by atoms with Gasteiger partial charge >= 0.3 is 0 Å². The Labute approximate surface area is 99.9 Å². The Morgan fingerprint density at radius 3 is 1.88 bits per heavy atom. The van der Waals surface area contributed by atoms with Crippen LogP contribution in [0.15, 0.2) is 12.1 Å². The standard InChI is InChI=1S/C13H15NO3/c1-7-4-5-8(2)11-10(7)12(16)14(13(11)17)6-9(3)15/h4-5,9,15H,6H2,1-3H3. The number of fused-ring (bicyclic) bond motifs is 1. The molecular weight excluding hydrogens is 218 g/mol. The average molecular weight is 233 g/mol. The van der Waals surface area contributed by atoms with Gasteiger partial charge in [0.05, 0.1) is 23.8 Å². The van der Waals surface area contributed by atoms with Crippen LogP contribution in [-0.4, -0.2) is 34.5 Å². The lowest BCUT2D eigenvalue weighted by molar-refractivity contribution is 0.0563. The van der Waals surface area contributed by atoms with Crippen LogP contribution in [0, 0.1) is 13.8 Å². The summed E-state index contributed by atoms with van der Waals surface area (Å²) in [7, 11) is 0. The molecule has 1 aliphatic heterocycles. The second-order valence-corrected chi connectivity index (χ2v) is 4.52. The minimum absolute atomic E-state index is 0.0469. The average Bonchev–Trinajstić information content (AvgIpc) is 2.49. The van der Waals surface area contributed by atoms with Gasteiger partial charge in [-0.15, -0.1) is 0 Å². The normalized spacial score (nSPS) is 16.4. The molecule has 1 unspecified atom stereocenters. The molecule has 0 aromatic heterocycles. The molecule has 4 heteroatoms. The molecule has 0 aliphatic carbocycles. The van der Waals surface area contributed by atoms with Gasteiger partial charge in [-0.05, 0) is 31.9 Å². The Morgan fingerprint density at radius 1 is 1.12 bits per heavy atom. The van der Waals surface area contributed by atoms with Crippen molar-refractivity contribution in [1.29, 1.82) is 0 Å². The highest BCUT2D eigenvalue weighted by atomic mass is 16.3. The number of β-amino-alcohol motifs (C(OH)–C–C–N with tert-alkyl or cyclic N) is 1. The monoisotopic (exact) mass is 233 g/mol. The number of nitrogens with zero attached hydrogens (tertiary/aromatic N) is 1. The molecule has 17 heavy (non-hydrogen) atoms. The smallest absolute Gasteiger partial charge is 0.261 e. The van der Waals surface area contributed by atoms with Gasteiger partial charge in [-0.3, -0.25) is 14.5 Å². The zero-order chi connectivity index (χ0) is 12.7. The van der Waals surface area contributed by atoms with Crippen LogP contribution in [0.25, 0.3) is 0 Å². The number of rotatable bonds is 2. The highest BCUT2D eigenvalue weighted by Crippen LogP contribution is 2.28. The molecule has 0 bridgehead atoms. The Bertz CT molecular complexity index is 465. The van der Waals surface area contributed by atoms with Crippen molar-refractivity contribution in [2.24, 2.45) is 0 Å². The van der Waals surface area contributed by atoms with Gasteiger partial charge in [0, 0.05) is 0 Å². The van der Waals surface area contributed by atoms with Crippen molar-refractivity contribution >= 4 is 11.8 Å². The molecule has 0 radical (unpaired) electrons. The van der Waals surface area contributed by atoms with E-state index in [0.29, 0.717) is 11.1 Å². The van der Waals surface area contributed by atoms with Crippen LogP contribution in [0.4, 0.5) is 0 Å². The molecule has 1 N–H and O–H groups in total. The van der Waals surface area contributed by atoms with E-state index in [2.05, 4.69) is 0 Å². The Hall–Kier alpha value is -1.68. The zero-order valence-electron chi connectivity index (χ0n) is 10.2. The van der Waals surface area contributed by atoms with Crippen LogP contribution in [0.1, 0.15) is 38.8 Å². The maximum atomic E-state index is 12.1. The third-order valence-corrected chi connectivity index (χ3v) is 2.99. The molecule has 1 aromatic rings. The van der Waals surface area contributed by atoms with Crippen molar-refractivity contribution in [3.8, 4) is 0 Å². The van der Waals surface area contributed by atoms with E-state index in [1.54, 1.807) is 6.92 Å². The van der Waals surface area contributed by atoms with Gasteiger partial charge in [0.25, 0.3) is 11.8 Å². The molecule has 0 fully saturated rings. The van der Waals surface area contributed by atoms with Crippen LogP contribution in [0.5, 0.6) is 0 Å². The van der Waals surface area contributed by atoms with Crippen molar-refractivity contribution in [3.05, 3.63) is 34.4 Å². The summed E-state index contributed by atoms with van der Waals surface area (Å²) in [4.78, 5) is 25.3. The predicted octanol–water partition coefficient (Wildman–Crippen LogP) is 1.28. The molecule has 2 amide bonds. The van der Waals surface area contributed by atoms with E-state index in [-0.39, 0.29) is 18.4 Å². The zero-order valence-corrected chi connectivity index (χ0v) is 10.2. The number of aliphatic hydroxyl groups is 1. The van der Waals surface area contributed by atoms with E-state index >= 15 is 0 Å². The quantitative estimate of drug-likeness (QED) is 0.783. The van der Waals surface area contributed by atoms with Crippen molar-refractivity contribution in [3.63, 3.8) is 0 Å². The van der Waals surface area contributed by atoms with Gasteiger partial charge in [-0.1, -0.05) is 12.1 Å². The largest absolute Gasteiger partial charge is 0.392 e. The summed E-state index contributed by atoms with van der Waals surface area (Å²) in [6.07, 6.45) is -0.710. The maximum absolute atomic E-state index is 12.1. The lowest BCUT2D eigenvalue weighted by Gasteiger charge is -2.15. The molecule has 1 aliphatic rings. The van der Waals surface area contributed by atoms with Crippen molar-refractivity contribution < 1.29 is 14.7 Å². The van der Waals surface area contributed by atoms with E-state index in [0.717, 1.165) is 16.0 Å². The van der Waals surface area contributed by atoms with E-state index < -0.39 is 6.10 Å². The number of hydrogen-bond acceptors (Lipinski definition) is 3. The first-order valence-corrected chi connectivity index (χ1v) is 5.58. The summed E-state index contributed by atoms with van der Waals surface area (Å²) >= 11 is 0. The fraction of sp³-hybridized carbons (Fsp3) is 0.385. The third-order valence-electron chi connectivity index (χ3n) is 2.99. The molecule has 0 spiro atoms. The molecule has 2 rings (SSSR count). The van der Waals surface area contributed by atoms with E-state index in [1.165, 1.54) is 0 Å². The third kappa shape index (κ3) is 1.74. The molecule has 1 heterocycles. The van der Waals surface area contributed by atoms with Crippen molar-refractivity contribution in [2.45, 2.75) is 26.9 Å². The van der Waals surface area contributed by atoms with Gasteiger partial charge in [-0.2, -0.15) is 0 Å². The minimum atomic E-state index is -0.710. The fourth-order valence-electron chi connectivity index (χ4n) is 2.15. The molecular formula is C13H15NO3. The highest BCUT2D eigenvalue weighted by Gasteiger charge is 2.38. The number of carbonyl (C=O) groups is 2. The SMILES string of the molecule is Cc1ccc(C)c2c1C(=O)N(CC(C)O)C2=O. The first-order chi connectivity index (χ1) is 7.93. The summed E-state index contributed by atoms with van der Waals surface area (Å²) in [6, 6.07) is 3.68. The maximum Gasteiger partial charge on any atom is 0.261 e. The summed E-state index contributed by atoms with van der Waals surface area (Å²) < 4.78 is 0. The van der Waals surface area contributed by atoms with Crippen molar-refractivity contribution in [1.82, 2.24) is 4.90 Å². The fourth-order valence-corrected chi connectivity index (χ4v) is 2.15. The lowest BCUT2D eigenvalue weighted by atomic mass is 9.99. The molecule has 90 valence electrons. The van der Waals surface area contributed by atoms with E-state index in [4.69, 9.17) is 0 Å². The van der Waals surface area contributed by atoms with Crippen LogP contribution in [0.2, 0.25) is 0 Å². The number of amides is 2. The van der Waals surface area contributed by atoms with E-state index in [9.17, 15) is 14.7 Å². The van der Waals surface area contributed by atoms with Crippen LogP contribution >= 0.6 is 0 Å². The molecule has 0 saturated heterocycles. The Kier molecular flexibility index (Phi) is 2.75. The Morgan fingerprint density at radius 2 is 1.53 bits per heavy atom. The number of aryl methyl sites for hydroxylation is 2. The lowest BCUT2D eigenvalue weighted by Crippen LogP contribution is -2.35. The van der Waals surface area contributed by atoms with Crippen LogP contribution in [0.3, 0.4) is 0 Å². The summed E-state index contributed by atoms with van der Waals surface area (Å²) in [6.45, 7) is 5.24. The summed E-state index contributed by atoms with van der Waals surface area (Å²) in [5.74, 6) is -0.598. The second kappa shape index (κ2) is 3.96. The van der Waals surface area contributed by atoms with Gasteiger partial charge in [0.2, 0.25) is 0 Å². The van der Waals surface area contributed by atoms with Gasteiger partial charge in [0.1, 0.15) is 0 Å². The Balaban J connectivity index is 2.53. The number of carbonyl (C=O) groups excluding carboxylic acids is 2. The topological polar surface area (TPSA) is 57.6 Å². The number of aliphatic hydroxyl groups excluding tert-OH is 1. The van der Waals surface area contributed by atoms with Gasteiger partial charge in [-0.25, -0.2) is 0 Å². The van der Waals surface area contributed by atoms with Crippen molar-refractivity contribution in [2.75, 3.05) is 6.54 Å². The number of imide groups is 1. The molecule has 1 atom stereocenters. The number of benzene rings is 1. The second-order valence-electron chi connectivity index (χ2n) is 4.52. The molecule has 4 nitrogen and oxygen atoms in total. The number of hydrogen-bond donors (Lipinski definition) is 1. The minimum Gasteiger partial charge on any atom is -0.392 e.